The van der Waals surface area contributed by atoms with Crippen molar-refractivity contribution in [3.63, 3.8) is 0 Å². The predicted molar refractivity (Wildman–Crippen MR) is 77.3 cm³/mol. The number of hydrogen-bond acceptors (Lipinski definition) is 3. The summed E-state index contributed by atoms with van der Waals surface area (Å²) in [7, 11) is -3.10. The third-order valence-electron chi connectivity index (χ3n) is 3.41. The molecule has 6 heteroatoms. The monoisotopic (exact) mass is 300 g/mol. The quantitative estimate of drug-likeness (QED) is 0.436. The molecule has 0 unspecified atom stereocenters. The summed E-state index contributed by atoms with van der Waals surface area (Å²) in [5.41, 5.74) is 3.84. The van der Waals surface area contributed by atoms with Crippen molar-refractivity contribution in [3.8, 4) is 11.1 Å². The topological polar surface area (TPSA) is 63.2 Å². The molecule has 2 rings (SSSR count). The fourth-order valence-electron chi connectivity index (χ4n) is 2.65. The van der Waals surface area contributed by atoms with Crippen LogP contribution in [0.3, 0.4) is 0 Å². The van der Waals surface area contributed by atoms with Crippen LogP contribution in [0.4, 0.5) is 0 Å². The molecule has 0 N–H and O–H groups in total. The summed E-state index contributed by atoms with van der Waals surface area (Å²) in [6.07, 6.45) is 0. The van der Waals surface area contributed by atoms with Crippen LogP contribution in [0, 0.1) is 20.8 Å². The Bertz CT molecular complexity index is 658. The van der Waals surface area contributed by atoms with Gasteiger partial charge < -0.3 is 9.79 Å². The van der Waals surface area contributed by atoms with Crippen molar-refractivity contribution in [1.82, 2.24) is 0 Å². The Labute approximate surface area is 156 Å². The zero-order valence-corrected chi connectivity index (χ0v) is 14.5. The van der Waals surface area contributed by atoms with Crippen LogP contribution in [0.2, 0.25) is 0 Å². The molecule has 104 valence electrons. The van der Waals surface area contributed by atoms with Gasteiger partial charge in [0.15, 0.2) is 5.52 Å². The molecule has 2 aromatic rings. The third-order valence-corrected chi connectivity index (χ3v) is 3.97. The zero-order valence-electron chi connectivity index (χ0n) is 13.6. The van der Waals surface area contributed by atoms with Crippen molar-refractivity contribution >= 4 is 13.9 Å². The molecule has 0 spiro atoms. The van der Waals surface area contributed by atoms with Gasteiger partial charge in [0.25, 0.3) is 0 Å². The average molecular weight is 300 g/mol. The second-order valence-electron chi connectivity index (χ2n) is 4.81. The molecule has 0 fully saturated rings. The summed E-state index contributed by atoms with van der Waals surface area (Å²) in [6, 6.07) is 11.5. The summed E-state index contributed by atoms with van der Waals surface area (Å²) in [6.45, 7) is 5.53. The molecule has 0 aromatic heterocycles. The Morgan fingerprint density at radius 3 is 2.00 bits per heavy atom. The molecule has 0 radical (unpaired) electrons. The van der Waals surface area contributed by atoms with Gasteiger partial charge in [-0.15, -0.1) is 0 Å². The molecule has 0 bridgehead atoms. The minimum atomic E-state index is -3.10. The molecular formula is C16H15Li2O3P. The van der Waals surface area contributed by atoms with E-state index in [-0.39, 0.29) is 37.7 Å². The molecule has 3 nitrogen and oxygen atoms in total. The predicted octanol–water partition coefficient (Wildman–Crippen LogP) is -3.54. The second-order valence-corrected chi connectivity index (χ2v) is 5.73. The third kappa shape index (κ3) is 4.35. The summed E-state index contributed by atoms with van der Waals surface area (Å²) in [4.78, 5) is 33.9. The molecule has 0 heterocycles. The molecule has 0 amide bonds. The summed E-state index contributed by atoms with van der Waals surface area (Å²) in [5.74, 6) is 0. The van der Waals surface area contributed by atoms with Crippen LogP contribution in [-0.2, 0) is 0 Å². The van der Waals surface area contributed by atoms with Crippen molar-refractivity contribution in [2.24, 2.45) is 0 Å². The van der Waals surface area contributed by atoms with Crippen molar-refractivity contribution in [2.75, 3.05) is 0 Å². The Morgan fingerprint density at radius 1 is 0.955 bits per heavy atom. The smallest absolute Gasteiger partial charge is 0.836 e. The molecule has 0 aliphatic heterocycles. The van der Waals surface area contributed by atoms with Gasteiger partial charge in [-0.3, -0.25) is 4.79 Å². The molecule has 0 aliphatic carbocycles. The zero-order chi connectivity index (χ0) is 14.9. The van der Waals surface area contributed by atoms with Gasteiger partial charge in [-0.1, -0.05) is 36.4 Å². The van der Waals surface area contributed by atoms with E-state index in [0.717, 1.165) is 22.3 Å². The SMILES string of the molecule is Cc1cc(C)c(-c2ccccc2)c(C)c1C(=O)P([O-])[O-].[Li+].[Li+]. The number of carbonyl (C=O) groups is 1. The first kappa shape index (κ1) is 21.7. The van der Waals surface area contributed by atoms with E-state index < -0.39 is 13.9 Å². The van der Waals surface area contributed by atoms with Gasteiger partial charge in [-0.2, -0.15) is 0 Å². The Kier molecular flexibility index (Phi) is 8.93. The van der Waals surface area contributed by atoms with Crippen LogP contribution in [0.25, 0.3) is 11.1 Å². The van der Waals surface area contributed by atoms with E-state index in [1.54, 1.807) is 13.8 Å². The summed E-state index contributed by atoms with van der Waals surface area (Å²) >= 11 is 0. The van der Waals surface area contributed by atoms with Gasteiger partial charge in [0, 0.05) is 5.56 Å². The molecule has 0 atom stereocenters. The molecule has 0 saturated carbocycles. The number of benzene rings is 2. The van der Waals surface area contributed by atoms with Crippen LogP contribution in [0.5, 0.6) is 0 Å². The van der Waals surface area contributed by atoms with E-state index in [9.17, 15) is 14.6 Å². The Morgan fingerprint density at radius 2 is 1.50 bits per heavy atom. The average Bonchev–Trinajstić information content (AvgIpc) is 2.39. The first-order valence-electron chi connectivity index (χ1n) is 6.28. The number of carbonyl (C=O) groups excluding carboxylic acids is 1. The Balaban J connectivity index is 0.00000220. The van der Waals surface area contributed by atoms with Crippen LogP contribution in [0.15, 0.2) is 36.4 Å². The number of aryl methyl sites for hydroxylation is 2. The normalized spacial score (nSPS) is 9.91. The van der Waals surface area contributed by atoms with Crippen LogP contribution in [0.1, 0.15) is 27.0 Å². The fraction of sp³-hybridized carbons (Fsp3) is 0.188. The van der Waals surface area contributed by atoms with E-state index in [1.807, 2.05) is 43.3 Å². The minimum Gasteiger partial charge on any atom is -0.836 e. The van der Waals surface area contributed by atoms with E-state index >= 15 is 0 Å². The molecule has 0 saturated heterocycles. The Hall–Kier alpha value is -0.345. The van der Waals surface area contributed by atoms with Crippen molar-refractivity contribution in [3.05, 3.63) is 58.7 Å². The van der Waals surface area contributed by atoms with Crippen molar-refractivity contribution < 1.29 is 52.3 Å². The van der Waals surface area contributed by atoms with Crippen LogP contribution >= 0.6 is 8.38 Å². The summed E-state index contributed by atoms with van der Waals surface area (Å²) < 4.78 is 0. The first-order chi connectivity index (χ1) is 9.43. The maximum atomic E-state index is 11.9. The van der Waals surface area contributed by atoms with E-state index in [1.165, 1.54) is 0 Å². The van der Waals surface area contributed by atoms with Crippen molar-refractivity contribution in [2.45, 2.75) is 20.8 Å². The largest absolute Gasteiger partial charge is 1.00 e. The van der Waals surface area contributed by atoms with Gasteiger partial charge in [0.2, 0.25) is 0 Å². The number of rotatable bonds is 3. The molecule has 0 aliphatic rings. The standard InChI is InChI=1S/C16H15O3P.2Li/c1-10-9-11(2)15(16(17)20(18)19)12(3)14(10)13-7-5-4-6-8-13;;/h4-9H,1-3H3;;/q-2;2*+1. The maximum absolute atomic E-state index is 11.9. The van der Waals surface area contributed by atoms with E-state index in [0.29, 0.717) is 11.1 Å². The maximum Gasteiger partial charge on any atom is 1.00 e. The van der Waals surface area contributed by atoms with Gasteiger partial charge in [0.05, 0.1) is 0 Å². The van der Waals surface area contributed by atoms with Gasteiger partial charge in [-0.25, -0.2) is 8.38 Å². The first-order valence-corrected chi connectivity index (χ1v) is 7.46. The van der Waals surface area contributed by atoms with Gasteiger partial charge >= 0.3 is 37.7 Å². The summed E-state index contributed by atoms with van der Waals surface area (Å²) in [5, 5.41) is 0. The minimum absolute atomic E-state index is 0. The fourth-order valence-corrected chi connectivity index (χ4v) is 3.18. The van der Waals surface area contributed by atoms with E-state index in [2.05, 4.69) is 0 Å². The molecule has 22 heavy (non-hydrogen) atoms. The van der Waals surface area contributed by atoms with Gasteiger partial charge in [0.1, 0.15) is 0 Å². The van der Waals surface area contributed by atoms with Crippen LogP contribution in [-0.4, -0.2) is 5.52 Å². The molecule has 2 aromatic carbocycles. The van der Waals surface area contributed by atoms with E-state index in [4.69, 9.17) is 0 Å². The van der Waals surface area contributed by atoms with Crippen LogP contribution < -0.4 is 47.5 Å². The molecular weight excluding hydrogens is 285 g/mol. The van der Waals surface area contributed by atoms with Crippen molar-refractivity contribution in [1.29, 1.82) is 0 Å². The second kappa shape index (κ2) is 9.07. The number of hydrogen-bond donors (Lipinski definition) is 0. The van der Waals surface area contributed by atoms with Gasteiger partial charge in [-0.05, 0) is 48.6 Å².